The van der Waals surface area contributed by atoms with Crippen LogP contribution in [-0.2, 0) is 6.18 Å². The summed E-state index contributed by atoms with van der Waals surface area (Å²) in [6, 6.07) is 5.10. The number of aromatic nitrogens is 3. The molecule has 0 fully saturated rings. The molecule has 3 rings (SSSR count). The second-order valence-corrected chi connectivity index (χ2v) is 5.08. The average molecular weight is 342 g/mol. The van der Waals surface area contributed by atoms with Crippen LogP contribution in [0.15, 0.2) is 30.6 Å². The molecule has 0 aliphatic carbocycles. The molecule has 23 heavy (non-hydrogen) atoms. The highest BCUT2D eigenvalue weighted by atomic mass is 35.5. The zero-order chi connectivity index (χ0) is 16.6. The third-order valence-electron chi connectivity index (χ3n) is 3.28. The van der Waals surface area contributed by atoms with E-state index in [-0.39, 0.29) is 11.0 Å². The van der Waals surface area contributed by atoms with Crippen molar-refractivity contribution < 1.29 is 17.9 Å². The van der Waals surface area contributed by atoms with E-state index < -0.39 is 11.7 Å². The van der Waals surface area contributed by atoms with Crippen molar-refractivity contribution in [2.24, 2.45) is 0 Å². The van der Waals surface area contributed by atoms with Gasteiger partial charge in [-0.25, -0.2) is 9.97 Å². The molecule has 0 bridgehead atoms. The predicted molar refractivity (Wildman–Crippen MR) is 80.5 cm³/mol. The normalized spacial score (nSPS) is 11.9. The first kappa shape index (κ1) is 15.6. The Hall–Kier alpha value is -2.28. The van der Waals surface area contributed by atoms with Gasteiger partial charge in [0.15, 0.2) is 0 Å². The number of alkyl halides is 3. The van der Waals surface area contributed by atoms with E-state index in [2.05, 4.69) is 15.0 Å². The summed E-state index contributed by atoms with van der Waals surface area (Å²) < 4.78 is 44.9. The van der Waals surface area contributed by atoms with Crippen molar-refractivity contribution in [1.29, 1.82) is 0 Å². The summed E-state index contributed by atoms with van der Waals surface area (Å²) in [4.78, 5) is 10.1. The summed E-state index contributed by atoms with van der Waals surface area (Å²) in [6.45, 7) is 2.35. The van der Waals surface area contributed by atoms with Crippen LogP contribution in [0, 0.1) is 0 Å². The van der Waals surface area contributed by atoms with Crippen molar-refractivity contribution in [2.45, 2.75) is 13.1 Å². The number of halogens is 4. The van der Waals surface area contributed by atoms with Crippen LogP contribution < -0.4 is 4.74 Å². The van der Waals surface area contributed by atoms with Crippen LogP contribution in [0.1, 0.15) is 12.5 Å². The molecule has 3 aromatic rings. The van der Waals surface area contributed by atoms with Crippen molar-refractivity contribution >= 4 is 22.5 Å². The Morgan fingerprint density at radius 3 is 2.78 bits per heavy atom. The van der Waals surface area contributed by atoms with Crippen molar-refractivity contribution in [2.75, 3.05) is 6.61 Å². The second kappa shape index (κ2) is 5.73. The average Bonchev–Trinajstić information content (AvgIpc) is 2.89. The lowest BCUT2D eigenvalue weighted by molar-refractivity contribution is -0.137. The zero-order valence-corrected chi connectivity index (χ0v) is 12.7. The highest BCUT2D eigenvalue weighted by Crippen LogP contribution is 2.39. The highest BCUT2D eigenvalue weighted by Gasteiger charge is 2.36. The number of nitrogens with one attached hydrogen (secondary N) is 1. The van der Waals surface area contributed by atoms with Gasteiger partial charge in [0.25, 0.3) is 0 Å². The molecule has 0 saturated carbocycles. The van der Waals surface area contributed by atoms with Crippen LogP contribution in [-0.4, -0.2) is 21.6 Å². The van der Waals surface area contributed by atoms with Crippen LogP contribution in [0.2, 0.25) is 5.28 Å². The fraction of sp³-hybridized carbons (Fsp3) is 0.200. The lowest BCUT2D eigenvalue weighted by Gasteiger charge is -2.11. The number of rotatable bonds is 3. The van der Waals surface area contributed by atoms with Crippen LogP contribution in [0.4, 0.5) is 13.2 Å². The number of ether oxygens (including phenoxy) is 1. The lowest BCUT2D eigenvalue weighted by atomic mass is 10.1. The summed E-state index contributed by atoms with van der Waals surface area (Å²) in [5, 5.41) is 0.349. The Balaban J connectivity index is 2.19. The van der Waals surface area contributed by atoms with Crippen LogP contribution >= 0.6 is 11.6 Å². The number of benzene rings is 1. The first-order valence-electron chi connectivity index (χ1n) is 6.74. The van der Waals surface area contributed by atoms with E-state index >= 15 is 0 Å². The largest absolute Gasteiger partial charge is 0.494 e. The van der Waals surface area contributed by atoms with Gasteiger partial charge in [0, 0.05) is 34.9 Å². The van der Waals surface area contributed by atoms with Gasteiger partial charge in [0.2, 0.25) is 5.28 Å². The molecule has 0 unspecified atom stereocenters. The van der Waals surface area contributed by atoms with Crippen molar-refractivity contribution in [3.63, 3.8) is 0 Å². The summed E-state index contributed by atoms with van der Waals surface area (Å²) in [5.74, 6) is 0.630. The molecule has 0 aliphatic rings. The monoisotopic (exact) mass is 341 g/mol. The van der Waals surface area contributed by atoms with Crippen LogP contribution in [0.25, 0.3) is 22.2 Å². The van der Waals surface area contributed by atoms with E-state index in [4.69, 9.17) is 16.3 Å². The molecule has 0 atom stereocenters. The van der Waals surface area contributed by atoms with Gasteiger partial charge < -0.3 is 9.72 Å². The third-order valence-corrected chi connectivity index (χ3v) is 3.47. The van der Waals surface area contributed by atoms with Gasteiger partial charge >= 0.3 is 6.18 Å². The van der Waals surface area contributed by atoms with E-state index in [1.165, 1.54) is 6.20 Å². The fourth-order valence-electron chi connectivity index (χ4n) is 2.33. The Morgan fingerprint density at radius 1 is 1.30 bits per heavy atom. The molecule has 2 aromatic heterocycles. The highest BCUT2D eigenvalue weighted by molar-refractivity contribution is 6.28. The maximum absolute atomic E-state index is 13.2. The number of H-pyrrole nitrogens is 1. The summed E-state index contributed by atoms with van der Waals surface area (Å²) in [6.07, 6.45) is -2.42. The number of nitrogens with zero attached hydrogens (tertiary/aromatic N) is 2. The molecule has 0 amide bonds. The lowest BCUT2D eigenvalue weighted by Crippen LogP contribution is -2.09. The van der Waals surface area contributed by atoms with E-state index in [0.717, 1.165) is 0 Å². The minimum absolute atomic E-state index is 0.242. The minimum atomic E-state index is -4.57. The van der Waals surface area contributed by atoms with Gasteiger partial charge in [-0.15, -0.1) is 0 Å². The van der Waals surface area contributed by atoms with Crippen molar-refractivity contribution in [1.82, 2.24) is 15.0 Å². The molecule has 0 aliphatic heterocycles. The summed E-state index contributed by atoms with van der Waals surface area (Å²) >= 11 is 5.68. The van der Waals surface area contributed by atoms with E-state index in [9.17, 15) is 13.2 Å². The quantitative estimate of drug-likeness (QED) is 0.703. The molecule has 120 valence electrons. The zero-order valence-electron chi connectivity index (χ0n) is 11.9. The molecule has 8 heteroatoms. The second-order valence-electron chi connectivity index (χ2n) is 4.74. The minimum Gasteiger partial charge on any atom is -0.494 e. The first-order valence-corrected chi connectivity index (χ1v) is 7.12. The molecule has 1 aromatic carbocycles. The van der Waals surface area contributed by atoms with Crippen molar-refractivity contribution in [3.05, 3.63) is 41.4 Å². The van der Waals surface area contributed by atoms with Gasteiger partial charge in [0.1, 0.15) is 11.3 Å². The van der Waals surface area contributed by atoms with Gasteiger partial charge in [-0.3, -0.25) is 0 Å². The van der Waals surface area contributed by atoms with Gasteiger partial charge in [-0.1, -0.05) is 0 Å². The van der Waals surface area contributed by atoms with E-state index in [0.29, 0.717) is 35.0 Å². The number of fused-ring (bicyclic) bond motifs is 1. The van der Waals surface area contributed by atoms with E-state index in [1.54, 1.807) is 18.2 Å². The number of hydrogen-bond donors (Lipinski definition) is 1. The van der Waals surface area contributed by atoms with Gasteiger partial charge in [-0.05, 0) is 30.7 Å². The molecule has 1 N–H and O–H groups in total. The van der Waals surface area contributed by atoms with Crippen molar-refractivity contribution in [3.8, 4) is 17.0 Å². The third kappa shape index (κ3) is 2.96. The number of aromatic amines is 1. The summed E-state index contributed by atoms with van der Waals surface area (Å²) in [5.41, 5.74) is -0.238. The molecular formula is C15H11ClF3N3O. The maximum atomic E-state index is 13.2. The Kier molecular flexibility index (Phi) is 3.89. The Bertz CT molecular complexity index is 861. The number of hydrogen-bond acceptors (Lipinski definition) is 3. The fourth-order valence-corrected chi connectivity index (χ4v) is 2.46. The maximum Gasteiger partial charge on any atom is 0.419 e. The SMILES string of the molecule is CCOc1ccc2c(-c3nc(Cl)ncc3C(F)(F)F)c[nH]c2c1. The topological polar surface area (TPSA) is 50.8 Å². The molecule has 0 saturated heterocycles. The smallest absolute Gasteiger partial charge is 0.419 e. The molecule has 4 nitrogen and oxygen atoms in total. The Labute approximate surface area is 134 Å². The molecule has 2 heterocycles. The first-order chi connectivity index (χ1) is 10.9. The molecular weight excluding hydrogens is 331 g/mol. The molecule has 0 radical (unpaired) electrons. The molecule has 0 spiro atoms. The van der Waals surface area contributed by atoms with Crippen LogP contribution in [0.5, 0.6) is 5.75 Å². The summed E-state index contributed by atoms with van der Waals surface area (Å²) in [7, 11) is 0. The standard InChI is InChI=1S/C15H11ClF3N3O/c1-2-23-8-3-4-9-10(6-20-12(9)5-8)13-11(15(17,18)19)7-21-14(16)22-13/h3-7,20H,2H2,1H3. The van der Waals surface area contributed by atoms with Gasteiger partial charge in [0.05, 0.1) is 12.3 Å². The van der Waals surface area contributed by atoms with Gasteiger partial charge in [-0.2, -0.15) is 13.2 Å². The Morgan fingerprint density at radius 2 is 2.09 bits per heavy atom. The predicted octanol–water partition coefficient (Wildman–Crippen LogP) is 4.70. The van der Waals surface area contributed by atoms with E-state index in [1.807, 2.05) is 6.92 Å². The van der Waals surface area contributed by atoms with Crippen LogP contribution in [0.3, 0.4) is 0 Å².